The van der Waals surface area contributed by atoms with E-state index in [4.69, 9.17) is 11.6 Å². The molecule has 0 unspecified atom stereocenters. The first kappa shape index (κ1) is 17.1. The monoisotopic (exact) mass is 286 g/mol. The lowest BCUT2D eigenvalue weighted by Gasteiger charge is -2.22. The Bertz CT molecular complexity index is 397. The fourth-order valence-electron chi connectivity index (χ4n) is 0.987. The second kappa shape index (κ2) is 6.33. The summed E-state index contributed by atoms with van der Waals surface area (Å²) in [6, 6.07) is 1.45. The SMILES string of the molecule is CC.CNC(O)(O)c1ccc(C(F)(F)F)nc1Cl. The van der Waals surface area contributed by atoms with E-state index in [0.29, 0.717) is 6.07 Å². The summed E-state index contributed by atoms with van der Waals surface area (Å²) in [6.07, 6.45) is -4.63. The topological polar surface area (TPSA) is 65.4 Å². The molecule has 0 bridgehead atoms. The number of halogens is 4. The molecule has 0 amide bonds. The maximum atomic E-state index is 12.2. The van der Waals surface area contributed by atoms with Crippen LogP contribution in [-0.2, 0) is 12.1 Å². The Labute approximate surface area is 107 Å². The van der Waals surface area contributed by atoms with Gasteiger partial charge in [-0.25, -0.2) is 4.98 Å². The number of aromatic nitrogens is 1. The highest BCUT2D eigenvalue weighted by Gasteiger charge is 2.35. The third-order valence-corrected chi connectivity index (χ3v) is 2.15. The minimum atomic E-state index is -4.63. The minimum Gasteiger partial charge on any atom is -0.350 e. The lowest BCUT2D eigenvalue weighted by atomic mass is 10.2. The lowest BCUT2D eigenvalue weighted by molar-refractivity contribution is -0.190. The summed E-state index contributed by atoms with van der Waals surface area (Å²) < 4.78 is 36.6. The molecule has 0 fully saturated rings. The number of hydrogen-bond donors (Lipinski definition) is 3. The van der Waals surface area contributed by atoms with Crippen molar-refractivity contribution in [3.05, 3.63) is 28.5 Å². The third-order valence-electron chi connectivity index (χ3n) is 1.86. The van der Waals surface area contributed by atoms with Gasteiger partial charge in [0.05, 0.1) is 5.56 Å². The van der Waals surface area contributed by atoms with Gasteiger partial charge in [-0.1, -0.05) is 25.4 Å². The van der Waals surface area contributed by atoms with Crippen LogP contribution >= 0.6 is 11.6 Å². The number of alkyl halides is 3. The van der Waals surface area contributed by atoms with E-state index in [1.165, 1.54) is 7.05 Å². The lowest BCUT2D eigenvalue weighted by Crippen LogP contribution is -2.39. The van der Waals surface area contributed by atoms with Gasteiger partial charge in [-0.2, -0.15) is 13.2 Å². The molecule has 4 nitrogen and oxygen atoms in total. The molecule has 1 rings (SSSR count). The van der Waals surface area contributed by atoms with Crippen LogP contribution in [-0.4, -0.2) is 22.2 Å². The first-order chi connectivity index (χ1) is 8.18. The number of hydrogen-bond acceptors (Lipinski definition) is 4. The number of pyridine rings is 1. The van der Waals surface area contributed by atoms with Gasteiger partial charge in [-0.05, 0) is 19.2 Å². The Morgan fingerprint density at radius 1 is 1.22 bits per heavy atom. The van der Waals surface area contributed by atoms with Crippen LogP contribution in [0, 0.1) is 0 Å². The van der Waals surface area contributed by atoms with Gasteiger partial charge in [0.25, 0.3) is 5.91 Å². The Morgan fingerprint density at radius 3 is 2.06 bits per heavy atom. The van der Waals surface area contributed by atoms with E-state index in [1.54, 1.807) is 0 Å². The molecule has 104 valence electrons. The van der Waals surface area contributed by atoms with Crippen LogP contribution in [0.3, 0.4) is 0 Å². The molecule has 0 aliphatic heterocycles. The van der Waals surface area contributed by atoms with Gasteiger partial charge in [0.1, 0.15) is 10.8 Å². The van der Waals surface area contributed by atoms with E-state index in [2.05, 4.69) is 10.3 Å². The number of rotatable bonds is 2. The van der Waals surface area contributed by atoms with Crippen molar-refractivity contribution < 1.29 is 23.4 Å². The van der Waals surface area contributed by atoms with Crippen molar-refractivity contribution in [3.63, 3.8) is 0 Å². The number of aliphatic hydroxyl groups is 2. The zero-order valence-corrected chi connectivity index (χ0v) is 10.8. The molecule has 18 heavy (non-hydrogen) atoms. The summed E-state index contributed by atoms with van der Waals surface area (Å²) in [5, 5.41) is 20.0. The van der Waals surface area contributed by atoms with E-state index in [9.17, 15) is 23.4 Å². The van der Waals surface area contributed by atoms with Crippen molar-refractivity contribution >= 4 is 11.6 Å². The highest BCUT2D eigenvalue weighted by Crippen LogP contribution is 2.31. The molecule has 0 radical (unpaired) electrons. The van der Waals surface area contributed by atoms with Crippen molar-refractivity contribution in [2.24, 2.45) is 0 Å². The molecule has 0 saturated carbocycles. The number of nitrogens with one attached hydrogen (secondary N) is 1. The van der Waals surface area contributed by atoms with Crippen LogP contribution in [0.15, 0.2) is 12.1 Å². The van der Waals surface area contributed by atoms with Crippen LogP contribution in [0.4, 0.5) is 13.2 Å². The summed E-state index contributed by atoms with van der Waals surface area (Å²) in [5.41, 5.74) is -1.56. The highest BCUT2D eigenvalue weighted by molar-refractivity contribution is 6.30. The molecule has 0 saturated heterocycles. The first-order valence-electron chi connectivity index (χ1n) is 5.06. The summed E-state index contributed by atoms with van der Waals surface area (Å²) in [7, 11) is 1.20. The molecule has 1 aromatic heterocycles. The van der Waals surface area contributed by atoms with E-state index in [0.717, 1.165) is 6.07 Å². The van der Waals surface area contributed by atoms with Gasteiger partial charge in [-0.3, -0.25) is 5.32 Å². The summed E-state index contributed by atoms with van der Waals surface area (Å²) in [4.78, 5) is 3.04. The fourth-order valence-corrected chi connectivity index (χ4v) is 1.27. The van der Waals surface area contributed by atoms with E-state index >= 15 is 0 Å². The van der Waals surface area contributed by atoms with Crippen molar-refractivity contribution in [3.8, 4) is 0 Å². The van der Waals surface area contributed by atoms with Crippen molar-refractivity contribution in [1.29, 1.82) is 0 Å². The maximum Gasteiger partial charge on any atom is 0.433 e. The van der Waals surface area contributed by atoms with Crippen LogP contribution in [0.25, 0.3) is 0 Å². The standard InChI is InChI=1S/C8H8ClF3N2O2.C2H6/c1-13-8(15,16)4-2-3-5(7(10,11)12)14-6(4)9;1-2/h2-3,13,15-16H,1H3;1-2H3. The van der Waals surface area contributed by atoms with E-state index in [1.807, 2.05) is 13.8 Å². The molecule has 0 aliphatic rings. The first-order valence-corrected chi connectivity index (χ1v) is 5.44. The van der Waals surface area contributed by atoms with Gasteiger partial charge in [-0.15, -0.1) is 0 Å². The van der Waals surface area contributed by atoms with Gasteiger partial charge in [0.15, 0.2) is 0 Å². The molecule has 8 heteroatoms. The molecule has 0 spiro atoms. The van der Waals surface area contributed by atoms with E-state index < -0.39 is 22.9 Å². The van der Waals surface area contributed by atoms with Gasteiger partial charge in [0.2, 0.25) is 0 Å². The average Bonchev–Trinajstić information content (AvgIpc) is 2.30. The summed E-state index contributed by atoms with van der Waals surface area (Å²) in [6.45, 7) is 4.00. The third kappa shape index (κ3) is 4.09. The van der Waals surface area contributed by atoms with E-state index in [-0.39, 0.29) is 5.56 Å². The average molecular weight is 287 g/mol. The maximum absolute atomic E-state index is 12.2. The van der Waals surface area contributed by atoms with Crippen LogP contribution in [0.2, 0.25) is 5.15 Å². The summed E-state index contributed by atoms with van der Waals surface area (Å²) in [5.74, 6) is -2.52. The zero-order chi connectivity index (χ0) is 14.6. The van der Waals surface area contributed by atoms with Crippen molar-refractivity contribution in [2.45, 2.75) is 25.9 Å². The van der Waals surface area contributed by atoms with Crippen molar-refractivity contribution in [2.75, 3.05) is 7.05 Å². The molecule has 3 N–H and O–H groups in total. The van der Waals surface area contributed by atoms with Crippen molar-refractivity contribution in [1.82, 2.24) is 10.3 Å². The fraction of sp³-hybridized carbons (Fsp3) is 0.500. The molecule has 0 aliphatic carbocycles. The van der Waals surface area contributed by atoms with Gasteiger partial charge >= 0.3 is 6.18 Å². The molecular weight excluding hydrogens is 273 g/mol. The normalized spacial score (nSPS) is 11.8. The molecule has 1 aromatic rings. The Morgan fingerprint density at radius 2 is 1.72 bits per heavy atom. The smallest absolute Gasteiger partial charge is 0.350 e. The highest BCUT2D eigenvalue weighted by atomic mass is 35.5. The minimum absolute atomic E-state index is 0.357. The predicted octanol–water partition coefficient (Wildman–Crippen LogP) is 2.09. The van der Waals surface area contributed by atoms with Crippen LogP contribution in [0.5, 0.6) is 0 Å². The summed E-state index contributed by atoms with van der Waals surface area (Å²) >= 11 is 5.43. The largest absolute Gasteiger partial charge is 0.433 e. The predicted molar refractivity (Wildman–Crippen MR) is 60.8 cm³/mol. The zero-order valence-electron chi connectivity index (χ0n) is 10.0. The Balaban J connectivity index is 0.00000137. The Kier molecular flexibility index (Phi) is 6.01. The second-order valence-electron chi connectivity index (χ2n) is 2.95. The molecular formula is C10H14ClF3N2O2. The number of nitrogens with zero attached hydrogens (tertiary/aromatic N) is 1. The quantitative estimate of drug-likeness (QED) is 0.575. The van der Waals surface area contributed by atoms with Gasteiger partial charge in [0, 0.05) is 0 Å². The second-order valence-corrected chi connectivity index (χ2v) is 3.31. The Hall–Kier alpha value is -0.890. The molecule has 0 aromatic carbocycles. The molecule has 1 heterocycles. The molecule has 0 atom stereocenters. The van der Waals surface area contributed by atoms with Gasteiger partial charge < -0.3 is 10.2 Å². The van der Waals surface area contributed by atoms with Crippen LogP contribution < -0.4 is 5.32 Å². The van der Waals surface area contributed by atoms with Crippen LogP contribution in [0.1, 0.15) is 25.1 Å².